The number of carbonyl (C=O) groups is 2. The molecule has 2 aliphatic rings. The van der Waals surface area contributed by atoms with Crippen LogP contribution in [-0.2, 0) is 11.2 Å². The lowest BCUT2D eigenvalue weighted by molar-refractivity contribution is -0.344. The Labute approximate surface area is 208 Å². The summed E-state index contributed by atoms with van der Waals surface area (Å²) in [6.07, 6.45) is -4.62. The first-order chi connectivity index (χ1) is 16.7. The zero-order valence-corrected chi connectivity index (χ0v) is 20.9. The molecule has 1 aromatic rings. The second-order valence-corrected chi connectivity index (χ2v) is 10.8. The lowest BCUT2D eigenvalue weighted by atomic mass is 9.79. The molecule has 0 unspecified atom stereocenters. The normalized spacial score (nSPS) is 21.5. The third kappa shape index (κ3) is 5.63. The van der Waals surface area contributed by atoms with Gasteiger partial charge in [-0.2, -0.15) is 35.8 Å². The number of hydrogen-bond acceptors (Lipinski definition) is 5. The van der Waals surface area contributed by atoms with Gasteiger partial charge in [-0.05, 0) is 60.3 Å². The van der Waals surface area contributed by atoms with Crippen LogP contribution in [0.15, 0.2) is 9.52 Å². The van der Waals surface area contributed by atoms with Crippen molar-refractivity contribution in [3.63, 3.8) is 0 Å². The molecule has 1 fully saturated rings. The van der Waals surface area contributed by atoms with Crippen molar-refractivity contribution >= 4 is 17.5 Å². The molecule has 2 amide bonds. The number of hydrazone groups is 1. The summed E-state index contributed by atoms with van der Waals surface area (Å²) < 4.78 is 96.4. The van der Waals surface area contributed by atoms with Gasteiger partial charge in [0, 0.05) is 34.7 Å². The summed E-state index contributed by atoms with van der Waals surface area (Å²) in [6.45, 7) is 9.54. The molecule has 0 spiro atoms. The quantitative estimate of drug-likeness (QED) is 0.374. The molecule has 7 nitrogen and oxygen atoms in total. The summed E-state index contributed by atoms with van der Waals surface area (Å²) in [5, 5.41) is 9.85. The maximum atomic E-state index is 13.6. The second kappa shape index (κ2) is 9.28. The fourth-order valence-electron chi connectivity index (χ4n) is 5.18. The van der Waals surface area contributed by atoms with Crippen LogP contribution in [0.5, 0.6) is 0 Å². The van der Waals surface area contributed by atoms with Crippen molar-refractivity contribution in [3.8, 4) is 0 Å². The van der Waals surface area contributed by atoms with Crippen LogP contribution in [0.2, 0.25) is 0 Å². The van der Waals surface area contributed by atoms with Crippen molar-refractivity contribution in [3.05, 3.63) is 22.6 Å². The fourth-order valence-corrected chi connectivity index (χ4v) is 5.18. The smallest absolute Gasteiger partial charge is 0.455 e. The number of rotatable bonds is 5. The molecule has 0 aromatic carbocycles. The molecule has 0 bridgehead atoms. The van der Waals surface area contributed by atoms with Crippen molar-refractivity contribution < 1.29 is 44.7 Å². The Morgan fingerprint density at radius 3 is 2.11 bits per heavy atom. The molecule has 1 aliphatic carbocycles. The average Bonchev–Trinajstić information content (AvgIpc) is 3.06. The molecule has 1 saturated heterocycles. The average molecular weight is 542 g/mol. The van der Waals surface area contributed by atoms with Crippen LogP contribution in [0.3, 0.4) is 0 Å². The van der Waals surface area contributed by atoms with Crippen LogP contribution in [0.1, 0.15) is 80.8 Å². The Morgan fingerprint density at radius 1 is 1.00 bits per heavy atom. The van der Waals surface area contributed by atoms with Crippen LogP contribution in [0.25, 0.3) is 0 Å². The van der Waals surface area contributed by atoms with E-state index in [1.807, 2.05) is 27.7 Å². The summed E-state index contributed by atoms with van der Waals surface area (Å²) in [4.78, 5) is 24.7. The predicted molar refractivity (Wildman–Crippen MR) is 119 cm³/mol. The fraction of sp³-hybridized carbons (Fsp3) is 0.696. The number of hydrogen-bond donors (Lipinski definition) is 3. The van der Waals surface area contributed by atoms with Gasteiger partial charge < -0.3 is 15.1 Å². The molecule has 208 valence electrons. The number of furan rings is 1. The highest BCUT2D eigenvalue weighted by molar-refractivity contribution is 6.06. The zero-order chi connectivity index (χ0) is 28.2. The van der Waals surface area contributed by atoms with E-state index in [2.05, 4.69) is 15.7 Å². The largest absolute Gasteiger partial charge is 0.460 e. The lowest BCUT2D eigenvalue weighted by Gasteiger charge is -2.46. The highest BCUT2D eigenvalue weighted by Gasteiger charge is 2.76. The van der Waals surface area contributed by atoms with Crippen molar-refractivity contribution in [2.24, 2.45) is 5.10 Å². The summed E-state index contributed by atoms with van der Waals surface area (Å²) in [7, 11) is 0. The van der Waals surface area contributed by atoms with E-state index in [-0.39, 0.29) is 51.9 Å². The number of amides is 2. The van der Waals surface area contributed by atoms with E-state index in [0.29, 0.717) is 25.7 Å². The minimum atomic E-state index is -6.65. The van der Waals surface area contributed by atoms with Gasteiger partial charge in [-0.3, -0.25) is 9.59 Å². The minimum Gasteiger partial charge on any atom is -0.455 e. The van der Waals surface area contributed by atoms with Crippen molar-refractivity contribution in [2.75, 3.05) is 0 Å². The van der Waals surface area contributed by atoms with Gasteiger partial charge in [0.2, 0.25) is 0 Å². The SMILES string of the molecule is Cc1c(C(=O)NC2CC(C)(C)NC(C)(C)C2)oc2c1/C(=N/NC(=O)C(F)(F)C(F)(F)C(F)(F)F)CCC2. The number of nitrogens with one attached hydrogen (secondary N) is 3. The molecule has 3 rings (SSSR count). The van der Waals surface area contributed by atoms with Gasteiger partial charge in [0.15, 0.2) is 5.76 Å². The molecule has 1 aliphatic heterocycles. The first-order valence-corrected chi connectivity index (χ1v) is 11.6. The maximum absolute atomic E-state index is 13.6. The first kappa shape index (κ1) is 28.9. The Morgan fingerprint density at radius 2 is 1.57 bits per heavy atom. The monoisotopic (exact) mass is 542 g/mol. The van der Waals surface area contributed by atoms with Crippen LogP contribution in [-0.4, -0.2) is 52.7 Å². The number of piperidine rings is 1. The van der Waals surface area contributed by atoms with E-state index < -0.39 is 29.8 Å². The Kier molecular flexibility index (Phi) is 7.25. The van der Waals surface area contributed by atoms with E-state index in [1.54, 1.807) is 0 Å². The molecule has 37 heavy (non-hydrogen) atoms. The summed E-state index contributed by atoms with van der Waals surface area (Å²) in [6, 6.07) is -0.190. The molecule has 2 heterocycles. The molecule has 0 radical (unpaired) electrons. The van der Waals surface area contributed by atoms with E-state index in [0.717, 1.165) is 5.43 Å². The van der Waals surface area contributed by atoms with Crippen LogP contribution < -0.4 is 16.1 Å². The second-order valence-electron chi connectivity index (χ2n) is 10.8. The minimum absolute atomic E-state index is 0.0611. The summed E-state index contributed by atoms with van der Waals surface area (Å²) >= 11 is 0. The van der Waals surface area contributed by atoms with Crippen LogP contribution >= 0.6 is 0 Å². The third-order valence-electron chi connectivity index (χ3n) is 6.39. The van der Waals surface area contributed by atoms with E-state index >= 15 is 0 Å². The first-order valence-electron chi connectivity index (χ1n) is 11.6. The number of halogens is 7. The third-order valence-corrected chi connectivity index (χ3v) is 6.39. The van der Waals surface area contributed by atoms with E-state index in [1.165, 1.54) is 6.92 Å². The molecule has 0 saturated carbocycles. The van der Waals surface area contributed by atoms with Gasteiger partial charge in [0.1, 0.15) is 5.76 Å². The molecule has 1 aromatic heterocycles. The molecule has 0 atom stereocenters. The zero-order valence-electron chi connectivity index (χ0n) is 20.9. The number of nitrogens with zero attached hydrogens (tertiary/aromatic N) is 1. The van der Waals surface area contributed by atoms with Crippen LogP contribution in [0.4, 0.5) is 30.7 Å². The topological polar surface area (TPSA) is 95.7 Å². The van der Waals surface area contributed by atoms with Gasteiger partial charge in [0.25, 0.3) is 5.91 Å². The van der Waals surface area contributed by atoms with Crippen molar-refractivity contribution in [2.45, 2.75) is 102 Å². The van der Waals surface area contributed by atoms with Crippen LogP contribution in [0, 0.1) is 6.92 Å². The number of carbonyl (C=O) groups excluding carboxylic acids is 2. The summed E-state index contributed by atoms with van der Waals surface area (Å²) in [5.74, 6) is -15.9. The number of aryl methyl sites for hydroxylation is 1. The molecule has 3 N–H and O–H groups in total. The standard InChI is InChI=1S/C23H29F7N4O3/c1-11-15-13(32-33-18(36)21(24,25)22(26,27)23(28,29)30)7-6-8-14(15)37-16(11)17(35)31-12-9-19(2,3)34-20(4,5)10-12/h12,34H,6-10H2,1-5H3,(H,31,35)(H,33,36)/b32-13+. The molecule has 14 heteroatoms. The Balaban J connectivity index is 1.82. The van der Waals surface area contributed by atoms with E-state index in [4.69, 9.17) is 4.42 Å². The van der Waals surface area contributed by atoms with Gasteiger partial charge in [0.05, 0.1) is 5.71 Å². The van der Waals surface area contributed by atoms with Gasteiger partial charge in [-0.1, -0.05) is 0 Å². The lowest BCUT2D eigenvalue weighted by Crippen LogP contribution is -2.62. The van der Waals surface area contributed by atoms with Gasteiger partial charge in [-0.25, -0.2) is 5.43 Å². The number of fused-ring (bicyclic) bond motifs is 1. The van der Waals surface area contributed by atoms with Gasteiger partial charge >= 0.3 is 23.9 Å². The predicted octanol–water partition coefficient (Wildman–Crippen LogP) is 4.62. The Hall–Kier alpha value is -2.64. The summed E-state index contributed by atoms with van der Waals surface area (Å²) in [5.41, 5.74) is 1.05. The van der Waals surface area contributed by atoms with Gasteiger partial charge in [-0.15, -0.1) is 0 Å². The van der Waals surface area contributed by atoms with E-state index in [9.17, 15) is 40.3 Å². The Bertz CT molecular complexity index is 1090. The van der Waals surface area contributed by atoms with Crippen molar-refractivity contribution in [1.29, 1.82) is 0 Å². The maximum Gasteiger partial charge on any atom is 0.460 e. The molecular formula is C23H29F7N4O3. The van der Waals surface area contributed by atoms with Crippen molar-refractivity contribution in [1.82, 2.24) is 16.1 Å². The molecular weight excluding hydrogens is 513 g/mol. The number of alkyl halides is 7. The highest BCUT2D eigenvalue weighted by Crippen LogP contribution is 2.46. The highest BCUT2D eigenvalue weighted by atomic mass is 19.4.